The maximum atomic E-state index is 12.1. The zero-order valence-corrected chi connectivity index (χ0v) is 23.1. The van der Waals surface area contributed by atoms with E-state index in [1.807, 2.05) is 74.5 Å². The Balaban J connectivity index is 2.05. The first-order valence-corrected chi connectivity index (χ1v) is 13.2. The molecular weight excluding hydrogens is 482 g/mol. The van der Waals surface area contributed by atoms with Gasteiger partial charge in [-0.25, -0.2) is 0 Å². The Morgan fingerprint density at radius 2 is 1.21 bits per heavy atom. The Bertz CT molecular complexity index is 940. The highest BCUT2D eigenvalue weighted by Crippen LogP contribution is 2.35. The summed E-state index contributed by atoms with van der Waals surface area (Å²) in [5.74, 6) is -2.12. The number of benzene rings is 2. The molecule has 2 aromatic rings. The van der Waals surface area contributed by atoms with Gasteiger partial charge in [0, 0.05) is 36.9 Å². The average Bonchev–Trinajstić information content (AvgIpc) is 2.92. The minimum Gasteiger partial charge on any atom is -0.369 e. The number of hydrogen-bond donors (Lipinski definition) is 5. The lowest BCUT2D eigenvalue weighted by Crippen LogP contribution is -2.54. The second-order valence-corrected chi connectivity index (χ2v) is 9.92. The molecule has 0 aliphatic rings. The smallest absolute Gasteiger partial charge is 0.220 e. The fourth-order valence-electron chi connectivity index (χ4n) is 4.16. The summed E-state index contributed by atoms with van der Waals surface area (Å²) < 4.78 is 12.3. The van der Waals surface area contributed by atoms with Crippen molar-refractivity contribution in [2.45, 2.75) is 53.4 Å². The van der Waals surface area contributed by atoms with Crippen molar-refractivity contribution in [2.24, 2.45) is 28.7 Å². The van der Waals surface area contributed by atoms with Crippen LogP contribution in [-0.4, -0.2) is 50.4 Å². The zero-order chi connectivity index (χ0) is 28.0. The van der Waals surface area contributed by atoms with Crippen LogP contribution in [0.25, 0.3) is 0 Å². The fraction of sp³-hybridized carbons (Fsp3) is 0.517. The maximum absolute atomic E-state index is 12.1. The van der Waals surface area contributed by atoms with Gasteiger partial charge in [-0.3, -0.25) is 20.2 Å². The molecule has 0 aliphatic carbocycles. The van der Waals surface area contributed by atoms with E-state index >= 15 is 0 Å². The first kappa shape index (κ1) is 31.4. The van der Waals surface area contributed by atoms with E-state index < -0.39 is 35.3 Å². The van der Waals surface area contributed by atoms with Gasteiger partial charge in [-0.2, -0.15) is 0 Å². The quantitative estimate of drug-likeness (QED) is 0.176. The summed E-state index contributed by atoms with van der Waals surface area (Å²) in [6.45, 7) is 10.3. The molecule has 4 atom stereocenters. The summed E-state index contributed by atoms with van der Waals surface area (Å²) in [6.07, 6.45) is -0.601. The van der Waals surface area contributed by atoms with Gasteiger partial charge in [0.1, 0.15) is 12.5 Å². The number of primary amides is 2. The number of likely N-dealkylation sites (N-methyl/N-ethyl adjacent to an activating group) is 1. The molecule has 2 aromatic carbocycles. The van der Waals surface area contributed by atoms with Gasteiger partial charge in [0.15, 0.2) is 0 Å². The molecule has 0 saturated carbocycles. The van der Waals surface area contributed by atoms with Crippen molar-refractivity contribution in [3.05, 3.63) is 71.8 Å². The molecule has 0 fully saturated rings. The fourth-order valence-corrected chi connectivity index (χ4v) is 4.16. The third-order valence-corrected chi connectivity index (χ3v) is 7.22. The Kier molecular flexibility index (Phi) is 13.4. The largest absolute Gasteiger partial charge is 0.369 e. The van der Waals surface area contributed by atoms with Gasteiger partial charge < -0.3 is 26.3 Å². The predicted molar refractivity (Wildman–Crippen MR) is 149 cm³/mol. The molecule has 0 bridgehead atoms. The van der Waals surface area contributed by atoms with Crippen LogP contribution in [0.2, 0.25) is 0 Å². The molecule has 2 amide bonds. The number of nitrogens with two attached hydrogens (primary N) is 2. The van der Waals surface area contributed by atoms with Crippen molar-refractivity contribution in [3.8, 4) is 0 Å². The molecule has 0 aliphatic heterocycles. The number of rotatable bonds is 19. The van der Waals surface area contributed by atoms with Crippen LogP contribution in [0.1, 0.15) is 38.8 Å². The molecule has 9 nitrogen and oxygen atoms in total. The van der Waals surface area contributed by atoms with E-state index in [0.717, 1.165) is 17.7 Å². The summed E-state index contributed by atoms with van der Waals surface area (Å²) in [5.41, 5.74) is 12.6. The summed E-state index contributed by atoms with van der Waals surface area (Å²) in [5, 5.41) is 10.2. The topological polar surface area (TPSA) is 141 Å². The van der Waals surface area contributed by atoms with Crippen LogP contribution in [0.15, 0.2) is 60.7 Å². The lowest BCUT2D eigenvalue weighted by molar-refractivity contribution is -0.132. The highest BCUT2D eigenvalue weighted by molar-refractivity contribution is 5.81. The Hall–Kier alpha value is -2.82. The third-order valence-electron chi connectivity index (χ3n) is 7.22. The SMILES string of the molecule is CCNC(CNCC(NCC(C)(C(C)C(N)=O)C(C)C(N)=O)OCc1ccccc1)OCc1ccccc1. The van der Waals surface area contributed by atoms with E-state index in [4.69, 9.17) is 20.9 Å². The number of nitrogens with one attached hydrogen (secondary N) is 3. The van der Waals surface area contributed by atoms with E-state index in [-0.39, 0.29) is 6.23 Å². The van der Waals surface area contributed by atoms with Crippen molar-refractivity contribution in [2.75, 3.05) is 26.2 Å². The summed E-state index contributed by atoms with van der Waals surface area (Å²) in [7, 11) is 0. The summed E-state index contributed by atoms with van der Waals surface area (Å²) >= 11 is 0. The lowest BCUT2D eigenvalue weighted by atomic mass is 9.68. The van der Waals surface area contributed by atoms with Crippen molar-refractivity contribution >= 4 is 11.8 Å². The maximum Gasteiger partial charge on any atom is 0.220 e. The summed E-state index contributed by atoms with van der Waals surface area (Å²) in [6, 6.07) is 19.9. The Morgan fingerprint density at radius 3 is 1.61 bits per heavy atom. The zero-order valence-electron chi connectivity index (χ0n) is 23.1. The van der Waals surface area contributed by atoms with Crippen LogP contribution in [0, 0.1) is 17.3 Å². The van der Waals surface area contributed by atoms with Gasteiger partial charge in [0.05, 0.1) is 13.2 Å². The summed E-state index contributed by atoms with van der Waals surface area (Å²) in [4.78, 5) is 24.2. The van der Waals surface area contributed by atoms with E-state index in [1.54, 1.807) is 13.8 Å². The van der Waals surface area contributed by atoms with Crippen molar-refractivity contribution in [3.63, 3.8) is 0 Å². The first-order chi connectivity index (χ1) is 18.2. The monoisotopic (exact) mass is 527 g/mol. The van der Waals surface area contributed by atoms with E-state index in [9.17, 15) is 9.59 Å². The standard InChI is InChI=1S/C29H45N5O4/c1-5-33-25(37-18-23-12-8-6-9-13-23)16-32-17-26(38-19-24-14-10-7-11-15-24)34-20-29(4,21(2)27(30)35)22(3)28(31)36/h6-15,21-22,25-26,32-34H,5,16-20H2,1-4H3,(H2,30,35)(H2,31,36). The Morgan fingerprint density at radius 1 is 0.789 bits per heavy atom. The number of carbonyl (C=O) groups is 2. The minimum absolute atomic E-state index is 0.190. The second kappa shape index (κ2) is 16.2. The average molecular weight is 528 g/mol. The van der Waals surface area contributed by atoms with Crippen LogP contribution < -0.4 is 27.4 Å². The molecule has 210 valence electrons. The van der Waals surface area contributed by atoms with Crippen molar-refractivity contribution in [1.82, 2.24) is 16.0 Å². The highest BCUT2D eigenvalue weighted by atomic mass is 16.5. The molecule has 0 saturated heterocycles. The van der Waals surface area contributed by atoms with E-state index in [1.165, 1.54) is 0 Å². The molecule has 2 rings (SSSR count). The molecule has 9 heteroatoms. The molecule has 0 spiro atoms. The molecule has 4 unspecified atom stereocenters. The van der Waals surface area contributed by atoms with Gasteiger partial charge in [-0.05, 0) is 17.7 Å². The Labute approximate surface area is 227 Å². The van der Waals surface area contributed by atoms with Crippen molar-refractivity contribution in [1.29, 1.82) is 0 Å². The van der Waals surface area contributed by atoms with Crippen LogP contribution in [-0.2, 0) is 32.3 Å². The minimum atomic E-state index is -0.795. The van der Waals surface area contributed by atoms with Crippen LogP contribution in [0.5, 0.6) is 0 Å². The van der Waals surface area contributed by atoms with E-state index in [0.29, 0.717) is 32.8 Å². The third kappa shape index (κ3) is 10.2. The van der Waals surface area contributed by atoms with Crippen LogP contribution >= 0.6 is 0 Å². The molecule has 7 N–H and O–H groups in total. The van der Waals surface area contributed by atoms with Gasteiger partial charge in [-0.15, -0.1) is 0 Å². The van der Waals surface area contributed by atoms with Gasteiger partial charge >= 0.3 is 0 Å². The number of hydrogen-bond acceptors (Lipinski definition) is 7. The number of ether oxygens (including phenoxy) is 2. The number of amides is 2. The second-order valence-electron chi connectivity index (χ2n) is 9.92. The van der Waals surface area contributed by atoms with Crippen molar-refractivity contribution < 1.29 is 19.1 Å². The van der Waals surface area contributed by atoms with Crippen LogP contribution in [0.3, 0.4) is 0 Å². The highest BCUT2D eigenvalue weighted by Gasteiger charge is 2.42. The van der Waals surface area contributed by atoms with Gasteiger partial charge in [-0.1, -0.05) is 88.4 Å². The normalized spacial score (nSPS) is 16.2. The first-order valence-electron chi connectivity index (χ1n) is 13.2. The van der Waals surface area contributed by atoms with Gasteiger partial charge in [0.2, 0.25) is 11.8 Å². The van der Waals surface area contributed by atoms with E-state index in [2.05, 4.69) is 16.0 Å². The molecule has 0 radical (unpaired) electrons. The van der Waals surface area contributed by atoms with Gasteiger partial charge in [0.25, 0.3) is 0 Å². The molecule has 0 heterocycles. The molecule has 38 heavy (non-hydrogen) atoms. The predicted octanol–water partition coefficient (Wildman–Crippen LogP) is 2.11. The molecule has 0 aromatic heterocycles. The van der Waals surface area contributed by atoms with Crippen LogP contribution in [0.4, 0.5) is 0 Å². The lowest BCUT2D eigenvalue weighted by Gasteiger charge is -2.39. The number of carbonyl (C=O) groups excluding carboxylic acids is 2. The molecular formula is C29H45N5O4.